The molecular weight excluding hydrogens is 216 g/mol. The molecule has 0 aliphatic heterocycles. The fraction of sp³-hybridized carbons (Fsp3) is 0.167. The summed E-state index contributed by atoms with van der Waals surface area (Å²) in [5, 5.41) is 8.89. The van der Waals surface area contributed by atoms with Crippen LogP contribution < -0.4 is 10.6 Å². The minimum atomic E-state index is 0.404. The van der Waals surface area contributed by atoms with Crippen molar-refractivity contribution in [3.8, 4) is 6.07 Å². The van der Waals surface area contributed by atoms with Gasteiger partial charge in [0, 0.05) is 25.4 Å². The second kappa shape index (κ2) is 4.58. The average molecular weight is 228 g/mol. The first-order valence-corrected chi connectivity index (χ1v) is 5.09. The van der Waals surface area contributed by atoms with E-state index in [0.29, 0.717) is 23.6 Å². The summed E-state index contributed by atoms with van der Waals surface area (Å²) >= 11 is 0. The zero-order valence-electron chi connectivity index (χ0n) is 9.42. The zero-order valence-corrected chi connectivity index (χ0v) is 9.42. The van der Waals surface area contributed by atoms with E-state index in [1.807, 2.05) is 24.1 Å². The molecule has 0 saturated carbocycles. The number of rotatable bonds is 3. The van der Waals surface area contributed by atoms with Crippen LogP contribution in [0.25, 0.3) is 0 Å². The van der Waals surface area contributed by atoms with Gasteiger partial charge >= 0.3 is 0 Å². The van der Waals surface area contributed by atoms with E-state index in [1.165, 1.54) is 0 Å². The molecule has 0 spiro atoms. The standard InChI is InChI=1S/C12H12N4O/c1-16(7-9-3-5-17-8-9)12-11(14)10(6-13)2-4-15-12/h2-5,8H,7,14H2,1H3. The lowest BCUT2D eigenvalue weighted by Gasteiger charge is -2.19. The molecule has 0 unspecified atom stereocenters. The number of nitriles is 1. The third-order valence-electron chi connectivity index (χ3n) is 2.45. The third-order valence-corrected chi connectivity index (χ3v) is 2.45. The minimum Gasteiger partial charge on any atom is -0.472 e. The van der Waals surface area contributed by atoms with Gasteiger partial charge in [-0.2, -0.15) is 5.26 Å². The summed E-state index contributed by atoms with van der Waals surface area (Å²) in [7, 11) is 1.87. The quantitative estimate of drug-likeness (QED) is 0.865. The number of aromatic nitrogens is 1. The molecular formula is C12H12N4O. The van der Waals surface area contributed by atoms with E-state index in [0.717, 1.165) is 5.56 Å². The maximum absolute atomic E-state index is 8.89. The molecule has 0 radical (unpaired) electrons. The van der Waals surface area contributed by atoms with Crippen LogP contribution in [0.5, 0.6) is 0 Å². The predicted octanol–water partition coefficient (Wildman–Crippen LogP) is 1.76. The van der Waals surface area contributed by atoms with E-state index < -0.39 is 0 Å². The van der Waals surface area contributed by atoms with Gasteiger partial charge in [0.2, 0.25) is 0 Å². The summed E-state index contributed by atoms with van der Waals surface area (Å²) in [6.07, 6.45) is 4.86. The number of furan rings is 1. The molecule has 2 aromatic heterocycles. The molecule has 86 valence electrons. The van der Waals surface area contributed by atoms with Crippen molar-refractivity contribution in [2.75, 3.05) is 17.7 Å². The van der Waals surface area contributed by atoms with Gasteiger partial charge in [-0.1, -0.05) is 0 Å². The predicted molar refractivity (Wildman–Crippen MR) is 64.2 cm³/mol. The van der Waals surface area contributed by atoms with Crippen LogP contribution in [0.4, 0.5) is 11.5 Å². The lowest BCUT2D eigenvalue weighted by atomic mass is 10.2. The molecule has 0 amide bonds. The smallest absolute Gasteiger partial charge is 0.153 e. The molecule has 17 heavy (non-hydrogen) atoms. The summed E-state index contributed by atoms with van der Waals surface area (Å²) < 4.78 is 5.00. The highest BCUT2D eigenvalue weighted by Gasteiger charge is 2.11. The molecule has 0 aliphatic rings. The number of pyridine rings is 1. The second-order valence-corrected chi connectivity index (χ2v) is 3.70. The van der Waals surface area contributed by atoms with Crippen molar-refractivity contribution in [1.29, 1.82) is 5.26 Å². The Morgan fingerprint density at radius 3 is 3.00 bits per heavy atom. The van der Waals surface area contributed by atoms with Crippen LogP contribution in [0, 0.1) is 11.3 Å². The van der Waals surface area contributed by atoms with Gasteiger partial charge in [-0.25, -0.2) is 4.98 Å². The van der Waals surface area contributed by atoms with Gasteiger partial charge in [-0.3, -0.25) is 0 Å². The van der Waals surface area contributed by atoms with Crippen LogP contribution >= 0.6 is 0 Å². The fourth-order valence-electron chi connectivity index (χ4n) is 1.60. The maximum atomic E-state index is 8.89. The minimum absolute atomic E-state index is 0.404. The summed E-state index contributed by atoms with van der Waals surface area (Å²) in [4.78, 5) is 6.06. The lowest BCUT2D eigenvalue weighted by Crippen LogP contribution is -2.19. The maximum Gasteiger partial charge on any atom is 0.153 e. The molecule has 0 bridgehead atoms. The number of nitrogens with two attached hydrogens (primary N) is 1. The summed E-state index contributed by atoms with van der Waals surface area (Å²) in [6.45, 7) is 0.628. The van der Waals surface area contributed by atoms with E-state index >= 15 is 0 Å². The molecule has 5 nitrogen and oxygen atoms in total. The van der Waals surface area contributed by atoms with Crippen molar-refractivity contribution < 1.29 is 4.42 Å². The lowest BCUT2D eigenvalue weighted by molar-refractivity contribution is 0.563. The zero-order chi connectivity index (χ0) is 12.3. The van der Waals surface area contributed by atoms with Gasteiger partial charge < -0.3 is 15.1 Å². The third kappa shape index (κ3) is 2.21. The topological polar surface area (TPSA) is 79.1 Å². The van der Waals surface area contributed by atoms with E-state index in [1.54, 1.807) is 24.8 Å². The Hall–Kier alpha value is -2.48. The highest BCUT2D eigenvalue weighted by molar-refractivity contribution is 5.69. The Balaban J connectivity index is 2.25. The fourth-order valence-corrected chi connectivity index (χ4v) is 1.60. The summed E-state index contributed by atoms with van der Waals surface area (Å²) in [5.41, 5.74) is 7.74. The monoisotopic (exact) mass is 228 g/mol. The largest absolute Gasteiger partial charge is 0.472 e. The molecule has 2 heterocycles. The first kappa shape index (κ1) is 11.0. The highest BCUT2D eigenvalue weighted by atomic mass is 16.3. The second-order valence-electron chi connectivity index (χ2n) is 3.70. The molecule has 2 aromatic rings. The van der Waals surface area contributed by atoms with Crippen LogP contribution in [-0.4, -0.2) is 12.0 Å². The van der Waals surface area contributed by atoms with Gasteiger partial charge in [-0.05, 0) is 12.1 Å². The molecule has 0 aromatic carbocycles. The van der Waals surface area contributed by atoms with Gasteiger partial charge in [0.25, 0.3) is 0 Å². The van der Waals surface area contributed by atoms with Crippen molar-refractivity contribution in [1.82, 2.24) is 4.98 Å². The normalized spacial score (nSPS) is 9.88. The van der Waals surface area contributed by atoms with Crippen molar-refractivity contribution in [3.63, 3.8) is 0 Å². The molecule has 2 N–H and O–H groups in total. The Bertz CT molecular complexity index is 542. The Morgan fingerprint density at radius 1 is 1.53 bits per heavy atom. The first-order valence-electron chi connectivity index (χ1n) is 5.09. The van der Waals surface area contributed by atoms with E-state index in [-0.39, 0.29) is 0 Å². The molecule has 0 atom stereocenters. The van der Waals surface area contributed by atoms with E-state index in [2.05, 4.69) is 4.98 Å². The van der Waals surface area contributed by atoms with Gasteiger partial charge in [0.05, 0.1) is 23.8 Å². The number of hydrogen-bond acceptors (Lipinski definition) is 5. The van der Waals surface area contributed by atoms with Gasteiger partial charge in [-0.15, -0.1) is 0 Å². The average Bonchev–Trinajstić information content (AvgIpc) is 2.82. The molecule has 2 rings (SSSR count). The van der Waals surface area contributed by atoms with Crippen molar-refractivity contribution in [3.05, 3.63) is 42.0 Å². The van der Waals surface area contributed by atoms with E-state index in [4.69, 9.17) is 15.4 Å². The summed E-state index contributed by atoms with van der Waals surface area (Å²) in [5.74, 6) is 0.602. The Kier molecular flexibility index (Phi) is 2.97. The SMILES string of the molecule is CN(Cc1ccoc1)c1nccc(C#N)c1N. The van der Waals surface area contributed by atoms with Crippen LogP contribution in [-0.2, 0) is 6.54 Å². The number of anilines is 2. The molecule has 5 heteroatoms. The first-order chi connectivity index (χ1) is 8.22. The highest BCUT2D eigenvalue weighted by Crippen LogP contribution is 2.23. The van der Waals surface area contributed by atoms with Crippen LogP contribution in [0.15, 0.2) is 35.3 Å². The van der Waals surface area contributed by atoms with Crippen LogP contribution in [0.3, 0.4) is 0 Å². The summed E-state index contributed by atoms with van der Waals surface area (Å²) in [6, 6.07) is 5.52. The van der Waals surface area contributed by atoms with Gasteiger partial charge in [0.15, 0.2) is 5.82 Å². The van der Waals surface area contributed by atoms with Crippen molar-refractivity contribution in [2.45, 2.75) is 6.54 Å². The Labute approximate surface area is 99.1 Å². The van der Waals surface area contributed by atoms with Crippen LogP contribution in [0.2, 0.25) is 0 Å². The van der Waals surface area contributed by atoms with Gasteiger partial charge in [0.1, 0.15) is 6.07 Å². The molecule has 0 fully saturated rings. The number of hydrogen-bond donors (Lipinski definition) is 1. The van der Waals surface area contributed by atoms with Crippen molar-refractivity contribution in [2.24, 2.45) is 0 Å². The number of nitrogens with zero attached hydrogens (tertiary/aromatic N) is 3. The van der Waals surface area contributed by atoms with Crippen LogP contribution in [0.1, 0.15) is 11.1 Å². The Morgan fingerprint density at radius 2 is 2.35 bits per heavy atom. The van der Waals surface area contributed by atoms with Crippen molar-refractivity contribution >= 4 is 11.5 Å². The molecule has 0 saturated heterocycles. The number of nitrogen functional groups attached to an aromatic ring is 1. The molecule has 0 aliphatic carbocycles. The van der Waals surface area contributed by atoms with E-state index in [9.17, 15) is 0 Å².